The van der Waals surface area contributed by atoms with E-state index in [0.29, 0.717) is 24.7 Å². The van der Waals surface area contributed by atoms with Crippen molar-refractivity contribution >= 4 is 28.7 Å². The number of fused-ring (bicyclic) bond motifs is 1. The summed E-state index contributed by atoms with van der Waals surface area (Å²) in [7, 11) is 0. The van der Waals surface area contributed by atoms with Crippen LogP contribution in [-0.2, 0) is 11.2 Å². The van der Waals surface area contributed by atoms with E-state index >= 15 is 0 Å². The van der Waals surface area contributed by atoms with Crippen LogP contribution in [0.25, 0.3) is 10.9 Å². The average molecular weight is 468 g/mol. The fraction of sp³-hybridized carbons (Fsp3) is 0.417. The number of rotatable bonds is 6. The summed E-state index contributed by atoms with van der Waals surface area (Å²) in [5.41, 5.74) is 11.4. The molecule has 1 atom stereocenters. The van der Waals surface area contributed by atoms with Crippen molar-refractivity contribution in [3.63, 3.8) is 0 Å². The van der Waals surface area contributed by atoms with E-state index in [1.165, 1.54) is 12.1 Å². The second-order valence-electron chi connectivity index (χ2n) is 9.46. The van der Waals surface area contributed by atoms with Crippen LogP contribution in [0.3, 0.4) is 0 Å². The Balaban J connectivity index is 1.38. The zero-order chi connectivity index (χ0) is 23.9. The first-order valence-corrected chi connectivity index (χ1v) is 11.3. The largest absolute Gasteiger partial charge is 0.449 e. The lowest BCUT2D eigenvalue weighted by molar-refractivity contribution is -0.0172. The molecule has 2 aromatic heterocycles. The molecule has 1 aliphatic heterocycles. The summed E-state index contributed by atoms with van der Waals surface area (Å²) in [6.45, 7) is 1.13. The van der Waals surface area contributed by atoms with E-state index in [1.54, 1.807) is 12.1 Å². The van der Waals surface area contributed by atoms with Gasteiger partial charge in [-0.3, -0.25) is 4.79 Å². The molecule has 3 heterocycles. The van der Waals surface area contributed by atoms with Gasteiger partial charge in [0.05, 0.1) is 12.1 Å². The number of anilines is 1. The van der Waals surface area contributed by atoms with Crippen LogP contribution in [0.2, 0.25) is 0 Å². The molecule has 5 rings (SSSR count). The Kier molecular flexibility index (Phi) is 5.59. The van der Waals surface area contributed by atoms with Gasteiger partial charge < -0.3 is 25.6 Å². The number of primary amides is 2. The zero-order valence-electron chi connectivity index (χ0n) is 18.6. The van der Waals surface area contributed by atoms with Crippen molar-refractivity contribution in [2.75, 3.05) is 18.1 Å². The van der Waals surface area contributed by atoms with E-state index in [4.69, 9.17) is 25.7 Å². The molecule has 0 radical (unpaired) electrons. The van der Waals surface area contributed by atoms with Gasteiger partial charge in [-0.1, -0.05) is 5.16 Å². The van der Waals surface area contributed by atoms with Crippen molar-refractivity contribution < 1.29 is 23.2 Å². The van der Waals surface area contributed by atoms with Crippen LogP contribution < -0.4 is 16.4 Å². The molecule has 1 unspecified atom stereocenters. The standard InChI is InChI=1S/C24H26FN5O4/c25-16-2-3-19-15(7-16)1-4-21(28-19)30-6-5-24(10-14(11-24)13-33-23(27)32)12-17(30)8-18-9-20(22(26)31)29-34-18/h1-4,7,9,14,17H,5-6,8,10-13H2,(H2,26,31)(H2,27,32). The highest BCUT2D eigenvalue weighted by atomic mass is 19.1. The van der Waals surface area contributed by atoms with Gasteiger partial charge in [-0.25, -0.2) is 14.2 Å². The molecule has 4 N–H and O–H groups in total. The maximum Gasteiger partial charge on any atom is 0.404 e. The van der Waals surface area contributed by atoms with Gasteiger partial charge >= 0.3 is 6.09 Å². The number of ether oxygens (including phenoxy) is 1. The number of carbonyl (C=O) groups excluding carboxylic acids is 2. The Morgan fingerprint density at radius 1 is 1.18 bits per heavy atom. The van der Waals surface area contributed by atoms with E-state index in [-0.39, 0.29) is 23.0 Å². The van der Waals surface area contributed by atoms with E-state index in [9.17, 15) is 14.0 Å². The lowest BCUT2D eigenvalue weighted by atomic mass is 9.56. The Morgan fingerprint density at radius 3 is 2.74 bits per heavy atom. The number of nitrogens with zero attached hydrogens (tertiary/aromatic N) is 3. The molecule has 9 nitrogen and oxygen atoms in total. The molecule has 10 heteroatoms. The van der Waals surface area contributed by atoms with Gasteiger partial charge in [-0.2, -0.15) is 0 Å². The molecule has 2 amide bonds. The molecule has 3 aromatic rings. The maximum atomic E-state index is 13.6. The minimum absolute atomic E-state index is 0.0471. The number of hydrogen-bond acceptors (Lipinski definition) is 7. The summed E-state index contributed by atoms with van der Waals surface area (Å²) in [6.07, 6.45) is 3.56. The highest BCUT2D eigenvalue weighted by Crippen LogP contribution is 2.54. The number of nitrogens with two attached hydrogens (primary N) is 2. The second kappa shape index (κ2) is 8.58. The van der Waals surface area contributed by atoms with Crippen LogP contribution in [0.15, 0.2) is 40.9 Å². The molecule has 178 valence electrons. The predicted molar refractivity (Wildman–Crippen MR) is 121 cm³/mol. The minimum Gasteiger partial charge on any atom is -0.449 e. The second-order valence-corrected chi connectivity index (χ2v) is 9.46. The van der Waals surface area contributed by atoms with Gasteiger partial charge in [0.25, 0.3) is 5.91 Å². The fourth-order valence-corrected chi connectivity index (χ4v) is 5.59. The number of benzene rings is 1. The first-order chi connectivity index (χ1) is 16.3. The molecule has 1 saturated carbocycles. The van der Waals surface area contributed by atoms with Crippen LogP contribution in [-0.4, -0.2) is 41.3 Å². The first kappa shape index (κ1) is 22.1. The number of pyridine rings is 1. The van der Waals surface area contributed by atoms with Crippen molar-refractivity contribution in [3.05, 3.63) is 53.7 Å². The molecule has 1 aliphatic carbocycles. The lowest BCUT2D eigenvalue weighted by Crippen LogP contribution is -2.53. The molecular weight excluding hydrogens is 441 g/mol. The highest BCUT2D eigenvalue weighted by molar-refractivity contribution is 5.90. The van der Waals surface area contributed by atoms with E-state index in [2.05, 4.69) is 10.1 Å². The van der Waals surface area contributed by atoms with Crippen molar-refractivity contribution in [2.45, 2.75) is 38.1 Å². The van der Waals surface area contributed by atoms with Crippen LogP contribution in [0.4, 0.5) is 15.0 Å². The maximum absolute atomic E-state index is 13.6. The SMILES string of the molecule is NC(=O)OCC1CC2(CCN(c3ccc4cc(F)ccc4n3)C(Cc3cc(C(N)=O)no3)C2)C1. The average Bonchev–Trinajstić information content (AvgIpc) is 3.25. The summed E-state index contributed by atoms with van der Waals surface area (Å²) in [5.74, 6) is 0.764. The summed E-state index contributed by atoms with van der Waals surface area (Å²) in [4.78, 5) is 29.4. The number of piperidine rings is 1. The third kappa shape index (κ3) is 4.40. The Morgan fingerprint density at radius 2 is 2.00 bits per heavy atom. The Bertz CT molecular complexity index is 1240. The third-order valence-corrected chi connectivity index (χ3v) is 7.08. The van der Waals surface area contributed by atoms with Crippen molar-refractivity contribution in [1.29, 1.82) is 0 Å². The number of hydrogen-bond donors (Lipinski definition) is 2. The normalized spacial score (nSPS) is 24.2. The Labute approximate surface area is 195 Å². The first-order valence-electron chi connectivity index (χ1n) is 11.3. The molecule has 2 fully saturated rings. The van der Waals surface area contributed by atoms with Crippen LogP contribution in [0, 0.1) is 17.2 Å². The van der Waals surface area contributed by atoms with E-state index in [1.807, 2.05) is 12.1 Å². The van der Waals surface area contributed by atoms with Gasteiger partial charge in [0.2, 0.25) is 0 Å². The molecule has 2 aliphatic rings. The highest BCUT2D eigenvalue weighted by Gasteiger charge is 2.49. The number of halogens is 1. The summed E-state index contributed by atoms with van der Waals surface area (Å²) in [5, 5.41) is 4.51. The van der Waals surface area contributed by atoms with Gasteiger partial charge in [-0.05, 0) is 67.3 Å². The van der Waals surface area contributed by atoms with Crippen molar-refractivity contribution in [3.8, 4) is 0 Å². The lowest BCUT2D eigenvalue weighted by Gasteiger charge is -2.55. The number of amides is 2. The topological polar surface area (TPSA) is 138 Å². The molecule has 34 heavy (non-hydrogen) atoms. The fourth-order valence-electron chi connectivity index (χ4n) is 5.59. The van der Waals surface area contributed by atoms with E-state index < -0.39 is 12.0 Å². The van der Waals surface area contributed by atoms with Gasteiger partial charge in [0.15, 0.2) is 5.69 Å². The molecule has 1 aromatic carbocycles. The smallest absolute Gasteiger partial charge is 0.404 e. The predicted octanol–water partition coefficient (Wildman–Crippen LogP) is 3.16. The Hall–Kier alpha value is -3.69. The van der Waals surface area contributed by atoms with E-state index in [0.717, 1.165) is 48.9 Å². The van der Waals surface area contributed by atoms with Crippen LogP contribution >= 0.6 is 0 Å². The monoisotopic (exact) mass is 467 g/mol. The molecule has 1 saturated heterocycles. The third-order valence-electron chi connectivity index (χ3n) is 7.08. The zero-order valence-corrected chi connectivity index (χ0v) is 18.6. The molecular formula is C24H26FN5O4. The summed E-state index contributed by atoms with van der Waals surface area (Å²) >= 11 is 0. The van der Waals surface area contributed by atoms with Gasteiger partial charge in [-0.15, -0.1) is 0 Å². The quantitative estimate of drug-likeness (QED) is 0.568. The summed E-state index contributed by atoms with van der Waals surface area (Å²) < 4.78 is 24.0. The van der Waals surface area contributed by atoms with Crippen molar-refractivity contribution in [1.82, 2.24) is 10.1 Å². The summed E-state index contributed by atoms with van der Waals surface area (Å²) in [6, 6.07) is 9.98. The van der Waals surface area contributed by atoms with Gasteiger partial charge in [0, 0.05) is 30.5 Å². The molecule has 0 bridgehead atoms. The number of carbonyl (C=O) groups is 2. The van der Waals surface area contributed by atoms with Crippen LogP contribution in [0.5, 0.6) is 0 Å². The van der Waals surface area contributed by atoms with Gasteiger partial charge in [0.1, 0.15) is 17.4 Å². The minimum atomic E-state index is -0.744. The van der Waals surface area contributed by atoms with Crippen molar-refractivity contribution in [2.24, 2.45) is 22.8 Å². The number of aromatic nitrogens is 2. The van der Waals surface area contributed by atoms with Crippen LogP contribution in [0.1, 0.15) is 41.9 Å². The molecule has 1 spiro atoms.